The summed E-state index contributed by atoms with van der Waals surface area (Å²) in [4.78, 5) is 9.14. The summed E-state index contributed by atoms with van der Waals surface area (Å²) in [6.45, 7) is 0. The van der Waals surface area contributed by atoms with Gasteiger partial charge in [0.1, 0.15) is 0 Å². The maximum Gasteiger partial charge on any atom is 0.252 e. The van der Waals surface area contributed by atoms with E-state index in [0.717, 1.165) is 0 Å². The largest absolute Gasteiger partial charge is 0.275 e. The summed E-state index contributed by atoms with van der Waals surface area (Å²) in [5.74, 6) is 8.00. The number of azo groups is 1. The predicted octanol–water partition coefficient (Wildman–Crippen LogP) is -0.956. The third kappa shape index (κ3) is 37.3. The summed E-state index contributed by atoms with van der Waals surface area (Å²) in [5, 5.41) is 6.03. The van der Waals surface area contributed by atoms with Crippen LogP contribution in [0.4, 0.5) is 0 Å². The summed E-state index contributed by atoms with van der Waals surface area (Å²) >= 11 is 0. The van der Waals surface area contributed by atoms with Gasteiger partial charge in [0, 0.05) is 7.05 Å². The number of hydrazine groups is 1. The van der Waals surface area contributed by atoms with E-state index in [4.69, 9.17) is 4.79 Å². The monoisotopic (exact) mass is 104 g/mol. The second kappa shape index (κ2) is 19.0. The van der Waals surface area contributed by atoms with Crippen molar-refractivity contribution in [2.24, 2.45) is 21.9 Å². The highest BCUT2D eigenvalue weighted by atomic mass is 16.1. The summed E-state index contributed by atoms with van der Waals surface area (Å²) in [5.41, 5.74) is 0. The maximum atomic E-state index is 9.14. The molecule has 0 aromatic heterocycles. The fourth-order valence-electron chi connectivity index (χ4n) is 0.0471. The van der Waals surface area contributed by atoms with Crippen molar-refractivity contribution in [3.05, 3.63) is 0 Å². The molecule has 0 spiro atoms. The summed E-state index contributed by atoms with van der Waals surface area (Å²) in [6, 6.07) is 0. The molecule has 0 unspecified atom stereocenters. The lowest BCUT2D eigenvalue weighted by Crippen LogP contribution is -2.02. The van der Waals surface area contributed by atoms with E-state index in [1.165, 1.54) is 7.05 Å². The van der Waals surface area contributed by atoms with Crippen molar-refractivity contribution in [2.75, 3.05) is 7.05 Å². The fraction of sp³-hybridized carbons (Fsp3) is 0.500. The van der Waals surface area contributed by atoms with Crippen molar-refractivity contribution in [3.8, 4) is 0 Å². The van der Waals surface area contributed by atoms with E-state index in [1.54, 1.807) is 0 Å². The Bertz CT molecular complexity index is 51.7. The first-order chi connectivity index (χ1) is 3.41. The molecule has 42 valence electrons. The lowest BCUT2D eigenvalue weighted by molar-refractivity contribution is -0.107. The van der Waals surface area contributed by atoms with Gasteiger partial charge in [-0.1, -0.05) is 0 Å². The molecule has 0 aliphatic carbocycles. The number of rotatable bonds is 1. The van der Waals surface area contributed by atoms with E-state index in [9.17, 15) is 0 Å². The molecule has 0 aliphatic heterocycles. The number of carbonyl (C=O) groups excluding carboxylic acids is 1. The van der Waals surface area contributed by atoms with Gasteiger partial charge in [0.2, 0.25) is 0 Å². The van der Waals surface area contributed by atoms with E-state index in [1.807, 2.05) is 0 Å². The molecule has 0 aromatic carbocycles. The number of nitrogens with zero attached hydrogens (tertiary/aromatic N) is 2. The average Bonchev–Trinajstić information content (AvgIpc) is 1.75. The molecule has 1 amide bonds. The molecule has 0 heterocycles. The number of carbonyl (C=O) groups is 1. The van der Waals surface area contributed by atoms with Crippen LogP contribution in [0.15, 0.2) is 10.2 Å². The quantitative estimate of drug-likeness (QED) is 0.194. The molecule has 5 nitrogen and oxygen atoms in total. The van der Waals surface area contributed by atoms with Crippen LogP contribution in [0.5, 0.6) is 0 Å². The lowest BCUT2D eigenvalue weighted by atomic mass is 11.4. The Kier molecular flexibility index (Phi) is 25.8. The van der Waals surface area contributed by atoms with Gasteiger partial charge < -0.3 is 0 Å². The first-order valence-electron chi connectivity index (χ1n) is 1.47. The van der Waals surface area contributed by atoms with Crippen LogP contribution < -0.4 is 11.7 Å². The van der Waals surface area contributed by atoms with Crippen molar-refractivity contribution < 1.29 is 4.79 Å². The molecule has 0 saturated carbocycles. The number of nitrogens with two attached hydrogens (primary N) is 2. The second-order valence-corrected chi connectivity index (χ2v) is 0.421. The molecule has 4 N–H and O–H groups in total. The van der Waals surface area contributed by atoms with Crippen LogP contribution in [0.1, 0.15) is 0 Å². The average molecular weight is 104 g/mol. The summed E-state index contributed by atoms with van der Waals surface area (Å²) in [6.07, 6.45) is 0.389. The van der Waals surface area contributed by atoms with Crippen LogP contribution in [0.25, 0.3) is 0 Å². The molecular weight excluding hydrogens is 96.0 g/mol. The number of amides is 1. The van der Waals surface area contributed by atoms with Crippen LogP contribution in [0.2, 0.25) is 0 Å². The van der Waals surface area contributed by atoms with Crippen LogP contribution in [-0.4, -0.2) is 13.5 Å². The summed E-state index contributed by atoms with van der Waals surface area (Å²) in [7, 11) is 1.44. The standard InChI is InChI=1S/C2H4N2O.H4N2/c1-3-4-2-5;1-2/h2H,1H3;1-2H2. The second-order valence-electron chi connectivity index (χ2n) is 0.421. The Morgan fingerprint density at radius 2 is 2.00 bits per heavy atom. The summed E-state index contributed by atoms with van der Waals surface area (Å²) < 4.78 is 0. The Balaban J connectivity index is 0. The zero-order valence-corrected chi connectivity index (χ0v) is 4.03. The molecule has 0 aliphatic rings. The minimum atomic E-state index is 0.389. The molecule has 0 fully saturated rings. The third-order valence-electron chi connectivity index (χ3n) is 0.163. The smallest absolute Gasteiger partial charge is 0.252 e. The molecule has 0 rings (SSSR count). The molecule has 0 saturated heterocycles. The molecule has 0 bridgehead atoms. The zero-order chi connectivity index (χ0) is 6.12. The van der Waals surface area contributed by atoms with Crippen LogP contribution in [0, 0.1) is 0 Å². The SMILES string of the molecule is CN=NC=O.NN. The highest BCUT2D eigenvalue weighted by Gasteiger charge is 1.47. The van der Waals surface area contributed by atoms with Gasteiger partial charge in [-0.05, 0) is 0 Å². The third-order valence-corrected chi connectivity index (χ3v) is 0.163. The van der Waals surface area contributed by atoms with Crippen molar-refractivity contribution >= 4 is 6.41 Å². The Morgan fingerprint density at radius 1 is 1.57 bits per heavy atom. The van der Waals surface area contributed by atoms with E-state index in [0.29, 0.717) is 6.41 Å². The molecule has 7 heavy (non-hydrogen) atoms. The van der Waals surface area contributed by atoms with E-state index in [-0.39, 0.29) is 0 Å². The van der Waals surface area contributed by atoms with Crippen molar-refractivity contribution in [3.63, 3.8) is 0 Å². The van der Waals surface area contributed by atoms with Gasteiger partial charge in [-0.3, -0.25) is 16.5 Å². The highest BCUT2D eigenvalue weighted by molar-refractivity contribution is 5.45. The van der Waals surface area contributed by atoms with E-state index in [2.05, 4.69) is 21.9 Å². The topological polar surface area (TPSA) is 93.8 Å². The first kappa shape index (κ1) is 9.50. The number of hydrogen-bond donors (Lipinski definition) is 2. The van der Waals surface area contributed by atoms with Gasteiger partial charge in [-0.15, -0.1) is 5.11 Å². The van der Waals surface area contributed by atoms with Gasteiger partial charge in [0.05, 0.1) is 0 Å². The molecule has 0 radical (unpaired) electrons. The van der Waals surface area contributed by atoms with Crippen molar-refractivity contribution in [1.82, 2.24) is 0 Å². The Hall–Kier alpha value is -0.810. The van der Waals surface area contributed by atoms with Crippen LogP contribution >= 0.6 is 0 Å². The van der Waals surface area contributed by atoms with E-state index >= 15 is 0 Å². The van der Waals surface area contributed by atoms with Crippen LogP contribution in [0.3, 0.4) is 0 Å². The minimum Gasteiger partial charge on any atom is -0.275 e. The van der Waals surface area contributed by atoms with Crippen molar-refractivity contribution in [2.45, 2.75) is 0 Å². The van der Waals surface area contributed by atoms with Gasteiger partial charge >= 0.3 is 0 Å². The molecule has 0 atom stereocenters. The Labute approximate surface area is 41.4 Å². The van der Waals surface area contributed by atoms with Crippen molar-refractivity contribution in [1.29, 1.82) is 0 Å². The predicted molar refractivity (Wildman–Crippen MR) is 25.2 cm³/mol. The number of hydrogen-bond acceptors (Lipinski definition) is 4. The molecule has 0 aromatic rings. The maximum absolute atomic E-state index is 9.14. The molecular formula is C2H8N4O. The fourth-order valence-corrected chi connectivity index (χ4v) is 0.0471. The van der Waals surface area contributed by atoms with Gasteiger partial charge in [-0.2, -0.15) is 5.11 Å². The van der Waals surface area contributed by atoms with Gasteiger partial charge in [0.25, 0.3) is 6.41 Å². The van der Waals surface area contributed by atoms with Gasteiger partial charge in [-0.25, -0.2) is 0 Å². The normalized spacial score (nSPS) is 7.29. The zero-order valence-electron chi connectivity index (χ0n) is 4.03. The lowest BCUT2D eigenvalue weighted by Gasteiger charge is -1.54. The minimum absolute atomic E-state index is 0.389. The molecule has 5 heteroatoms. The van der Waals surface area contributed by atoms with E-state index < -0.39 is 0 Å². The highest BCUT2D eigenvalue weighted by Crippen LogP contribution is 1.52. The Morgan fingerprint density at radius 3 is 2.00 bits per heavy atom. The first-order valence-corrected chi connectivity index (χ1v) is 1.47. The van der Waals surface area contributed by atoms with Gasteiger partial charge in [0.15, 0.2) is 0 Å². The van der Waals surface area contributed by atoms with Crippen LogP contribution in [-0.2, 0) is 4.79 Å².